The Morgan fingerprint density at radius 2 is 0.440 bits per heavy atom. The zero-order chi connectivity index (χ0) is 68.4. The first-order valence-electron chi connectivity index (χ1n) is 29.5. The number of terminal acetylenes is 9. The Kier molecular flexibility index (Phi) is 41.6. The summed E-state index contributed by atoms with van der Waals surface area (Å²) >= 11 is 0. The summed E-state index contributed by atoms with van der Waals surface area (Å²) in [6.45, 7) is -1.92. The van der Waals surface area contributed by atoms with E-state index in [1.807, 2.05) is 0 Å². The fraction of sp³-hybridized carbons (Fsp3) is 0.545. The third kappa shape index (κ3) is 37.3. The third-order valence-electron chi connectivity index (χ3n) is 14.6. The second-order valence-corrected chi connectivity index (χ2v) is 21.3. The summed E-state index contributed by atoms with van der Waals surface area (Å²) in [5.41, 5.74) is 2.77. The van der Waals surface area contributed by atoms with Crippen LogP contribution in [0.25, 0.3) is 0 Å². The minimum Gasteiger partial charge on any atom is -0.351 e. The van der Waals surface area contributed by atoms with Crippen LogP contribution in [0.2, 0.25) is 0 Å². The molecule has 0 aromatic carbocycles. The van der Waals surface area contributed by atoms with Crippen molar-refractivity contribution in [3.63, 3.8) is 0 Å². The quantitative estimate of drug-likeness (QED) is 0.0225. The molecule has 0 rings (SSSR count). The van der Waals surface area contributed by atoms with Crippen molar-refractivity contribution < 1.29 is 62.0 Å². The van der Waals surface area contributed by atoms with Gasteiger partial charge in [-0.15, -0.1) is 57.8 Å². The van der Waals surface area contributed by atoms with Gasteiger partial charge in [0, 0.05) is 68.0 Å². The third-order valence-corrected chi connectivity index (χ3v) is 14.6. The first kappa shape index (κ1) is 80.8. The average Bonchev–Trinajstić information content (AvgIpc) is 1.14. The summed E-state index contributed by atoms with van der Waals surface area (Å²) in [5.74, 6) is 14.0. The van der Waals surface area contributed by atoms with Gasteiger partial charge in [0.2, 0.25) is 65.0 Å². The molecule has 0 spiro atoms. The molecule has 0 aliphatic carbocycles. The SMILES string of the molecule is C#CCNC(=O)CCC(CCC(=O)NCC#C)(CCC(=O)NCC#C)NC(=O)CCC(N)(CCC(=O)NC(CCC(=O)NCC#C)(CCC(=O)NCC#C)CCC(=O)NCC#C)CCC(=O)[N+](CCC(=O)NCC#C)(CCC(=O)NCC#C)CCC(=O)NCC#C. The van der Waals surface area contributed by atoms with Crippen molar-refractivity contribution in [3.05, 3.63) is 0 Å². The summed E-state index contributed by atoms with van der Waals surface area (Å²) in [6, 6.07) is 0. The number of rotatable bonds is 47. The lowest BCUT2D eigenvalue weighted by atomic mass is 9.81. The monoisotopic (exact) mass is 1250 g/mol. The van der Waals surface area contributed by atoms with E-state index >= 15 is 4.79 Å². The maximum Gasteiger partial charge on any atom is 0.313 e. The second kappa shape index (κ2) is 46.9. The standard InChI is InChI=1S/C66H87N13O12/c1-10-40-68-52(80)21-34-65(35-22-53(81)69-41-11-2,36-23-54(82)70-42-12-3)77-61(89)19-31-64(67,33-27-63(91)79(49-28-58(86)74-46-16-7,50-29-59(87)75-47-17-8)51-30-60(88)76-48-18-9)32-20-62(90)78-66(37-24-55(83)71-43-13-4,38-25-56(84)72-44-14-5)39-26-57(85)73-45-15-6/h1-9H,19-51,67H2,(H10-,68,69,70,71,72,73,74,75,76,77,78,80,81,82,83,84,85,86,87,88,89,90)/p+1. The maximum absolute atomic E-state index is 15.2. The molecule has 0 aliphatic heterocycles. The summed E-state index contributed by atoms with van der Waals surface area (Å²) in [6.07, 6.45) is 43.2. The van der Waals surface area contributed by atoms with E-state index in [1.165, 1.54) is 0 Å². The summed E-state index contributed by atoms with van der Waals surface area (Å²) in [5, 5.41) is 28.9. The smallest absolute Gasteiger partial charge is 0.313 e. The Labute approximate surface area is 536 Å². The van der Waals surface area contributed by atoms with Crippen LogP contribution in [-0.2, 0) is 57.5 Å². The van der Waals surface area contributed by atoms with Crippen LogP contribution >= 0.6 is 0 Å². The summed E-state index contributed by atoms with van der Waals surface area (Å²) in [4.78, 5) is 162. The zero-order valence-corrected chi connectivity index (χ0v) is 52.0. The van der Waals surface area contributed by atoms with E-state index in [4.69, 9.17) is 63.5 Å². The highest BCUT2D eigenvalue weighted by molar-refractivity contribution is 5.83. The molecule has 0 aromatic rings. The number of carbonyl (C=O) groups excluding carboxylic acids is 12. The first-order valence-corrected chi connectivity index (χ1v) is 29.5. The van der Waals surface area contributed by atoms with E-state index in [2.05, 4.69) is 112 Å². The Morgan fingerprint density at radius 1 is 0.264 bits per heavy atom. The molecular formula is C66H88N13O12+. The molecule has 0 saturated carbocycles. The van der Waals surface area contributed by atoms with E-state index < -0.39 is 111 Å². The van der Waals surface area contributed by atoms with Gasteiger partial charge >= 0.3 is 5.91 Å². The molecular weight excluding hydrogens is 1170 g/mol. The topological polar surface area (TPSA) is 363 Å². The van der Waals surface area contributed by atoms with Gasteiger partial charge in [-0.2, -0.15) is 0 Å². The fourth-order valence-electron chi connectivity index (χ4n) is 9.45. The number of hydrogen-bond acceptors (Lipinski definition) is 13. The highest BCUT2D eigenvalue weighted by Gasteiger charge is 2.41. The van der Waals surface area contributed by atoms with Crippen molar-refractivity contribution in [2.45, 2.75) is 151 Å². The number of nitrogens with two attached hydrogens (primary N) is 1. The molecule has 0 heterocycles. The predicted octanol–water partition coefficient (Wildman–Crippen LogP) is -2.33. The fourth-order valence-corrected chi connectivity index (χ4v) is 9.45. The van der Waals surface area contributed by atoms with E-state index in [0.717, 1.165) is 0 Å². The Bertz CT molecular complexity index is 2530. The molecule has 0 atom stereocenters. The molecule has 0 fully saturated rings. The predicted molar refractivity (Wildman–Crippen MR) is 342 cm³/mol. The molecule has 25 heteroatoms. The first-order chi connectivity index (χ1) is 43.4. The van der Waals surface area contributed by atoms with Crippen molar-refractivity contribution >= 4 is 70.9 Å². The van der Waals surface area contributed by atoms with Crippen LogP contribution in [0.4, 0.5) is 0 Å². The zero-order valence-electron chi connectivity index (χ0n) is 52.0. The van der Waals surface area contributed by atoms with Crippen molar-refractivity contribution in [3.8, 4) is 111 Å². The van der Waals surface area contributed by atoms with Crippen molar-refractivity contribution in [2.75, 3.05) is 78.5 Å². The van der Waals surface area contributed by atoms with Gasteiger partial charge in [-0.3, -0.25) is 57.2 Å². The number of quaternary nitrogens is 1. The van der Waals surface area contributed by atoms with Crippen LogP contribution in [0.3, 0.4) is 0 Å². The van der Waals surface area contributed by atoms with Crippen LogP contribution in [0, 0.1) is 111 Å². The number of nitrogens with zero attached hydrogens (tertiary/aromatic N) is 1. The lowest BCUT2D eigenvalue weighted by Crippen LogP contribution is -2.57. The van der Waals surface area contributed by atoms with Gasteiger partial charge in [0.1, 0.15) is 0 Å². The molecule has 0 radical (unpaired) electrons. The van der Waals surface area contributed by atoms with Gasteiger partial charge < -0.3 is 64.2 Å². The van der Waals surface area contributed by atoms with Crippen LogP contribution in [0.5, 0.6) is 0 Å². The van der Waals surface area contributed by atoms with Gasteiger partial charge in [-0.1, -0.05) is 53.3 Å². The van der Waals surface area contributed by atoms with Crippen molar-refractivity contribution in [1.29, 1.82) is 0 Å². The molecule has 0 saturated heterocycles. The number of hydrogen-bond donors (Lipinski definition) is 12. The van der Waals surface area contributed by atoms with Gasteiger partial charge in [-0.05, 0) is 57.8 Å². The van der Waals surface area contributed by atoms with E-state index in [-0.39, 0.29) is 194 Å². The van der Waals surface area contributed by atoms with Gasteiger partial charge in [0.25, 0.3) is 0 Å². The molecule has 0 aromatic heterocycles. The van der Waals surface area contributed by atoms with E-state index in [0.29, 0.717) is 0 Å². The average molecular weight is 1260 g/mol. The Morgan fingerprint density at radius 3 is 0.637 bits per heavy atom. The lowest BCUT2D eigenvalue weighted by molar-refractivity contribution is -0.853. The lowest BCUT2D eigenvalue weighted by Gasteiger charge is -2.38. The van der Waals surface area contributed by atoms with Gasteiger partial charge in [0.15, 0.2) is 0 Å². The molecule has 488 valence electrons. The summed E-state index contributed by atoms with van der Waals surface area (Å²) in [7, 11) is 0. The molecule has 0 bridgehead atoms. The van der Waals surface area contributed by atoms with Crippen LogP contribution in [0.15, 0.2) is 0 Å². The molecule has 13 N–H and O–H groups in total. The van der Waals surface area contributed by atoms with Gasteiger partial charge in [0.05, 0.1) is 104 Å². The second-order valence-electron chi connectivity index (χ2n) is 21.3. The van der Waals surface area contributed by atoms with Crippen LogP contribution in [-0.4, -0.2) is 171 Å². The Hall–Kier alpha value is -10.2. The highest BCUT2D eigenvalue weighted by Crippen LogP contribution is 2.31. The normalized spacial score (nSPS) is 10.6. The van der Waals surface area contributed by atoms with Crippen molar-refractivity contribution in [1.82, 2.24) is 58.5 Å². The molecule has 0 unspecified atom stereocenters. The Balaban J connectivity index is 8.15. The van der Waals surface area contributed by atoms with Crippen LogP contribution < -0.4 is 64.2 Å². The maximum atomic E-state index is 15.2. The molecule has 12 amide bonds. The largest absolute Gasteiger partial charge is 0.351 e. The van der Waals surface area contributed by atoms with Crippen molar-refractivity contribution in [2.24, 2.45) is 5.73 Å². The molecule has 0 aliphatic rings. The number of carbonyl (C=O) groups is 12. The van der Waals surface area contributed by atoms with E-state index in [1.54, 1.807) is 0 Å². The number of nitrogens with one attached hydrogen (secondary N) is 11. The van der Waals surface area contributed by atoms with E-state index in [9.17, 15) is 52.7 Å². The van der Waals surface area contributed by atoms with Gasteiger partial charge in [-0.25, -0.2) is 4.79 Å². The summed E-state index contributed by atoms with van der Waals surface area (Å²) < 4.78 is -0.643. The molecule has 25 nitrogen and oxygen atoms in total. The molecule has 91 heavy (non-hydrogen) atoms. The number of amides is 12. The van der Waals surface area contributed by atoms with Crippen LogP contribution in [0.1, 0.15) is 135 Å². The minimum absolute atomic E-state index is 0.116. The highest BCUT2D eigenvalue weighted by atomic mass is 16.2. The minimum atomic E-state index is -1.66.